The van der Waals surface area contributed by atoms with Gasteiger partial charge < -0.3 is 4.74 Å². The summed E-state index contributed by atoms with van der Waals surface area (Å²) in [4.78, 5) is 0. The van der Waals surface area contributed by atoms with Crippen LogP contribution in [-0.4, -0.2) is 6.61 Å². The third kappa shape index (κ3) is 2.79. The molecule has 0 atom stereocenters. The second kappa shape index (κ2) is 5.72. The maximum atomic E-state index is 5.70. The molecule has 0 radical (unpaired) electrons. The number of rotatable bonds is 5. The zero-order valence-electron chi connectivity index (χ0n) is 10.7. The van der Waals surface area contributed by atoms with Crippen LogP contribution < -0.4 is 4.74 Å². The highest BCUT2D eigenvalue weighted by molar-refractivity contribution is 5.87. The number of hydrogen-bond acceptors (Lipinski definition) is 1. The number of benzene rings is 2. The summed E-state index contributed by atoms with van der Waals surface area (Å²) >= 11 is 0. The molecule has 1 nitrogen and oxygen atoms in total. The molecule has 0 unspecified atom stereocenters. The number of aryl methyl sites for hydroxylation is 1. The van der Waals surface area contributed by atoms with Crippen molar-refractivity contribution < 1.29 is 4.74 Å². The van der Waals surface area contributed by atoms with E-state index in [1.54, 1.807) is 0 Å². The van der Waals surface area contributed by atoms with Crippen LogP contribution in [0.4, 0.5) is 0 Å². The molecule has 0 heterocycles. The van der Waals surface area contributed by atoms with E-state index in [-0.39, 0.29) is 0 Å². The van der Waals surface area contributed by atoms with Crippen LogP contribution in [-0.2, 0) is 6.42 Å². The fourth-order valence-corrected chi connectivity index (χ4v) is 2.11. The maximum absolute atomic E-state index is 5.70. The normalized spacial score (nSPS) is 10.7. The predicted molar refractivity (Wildman–Crippen MR) is 73.7 cm³/mol. The molecule has 0 saturated heterocycles. The predicted octanol–water partition coefficient (Wildman–Crippen LogP) is 4.58. The zero-order valence-corrected chi connectivity index (χ0v) is 10.7. The lowest BCUT2D eigenvalue weighted by atomic mass is 10.0. The van der Waals surface area contributed by atoms with Gasteiger partial charge in [-0.25, -0.2) is 0 Å². The van der Waals surface area contributed by atoms with Gasteiger partial charge in [-0.05, 0) is 41.3 Å². The van der Waals surface area contributed by atoms with Crippen molar-refractivity contribution in [1.82, 2.24) is 0 Å². The molecular formula is C16H20O. The Bertz CT molecular complexity index is 488. The van der Waals surface area contributed by atoms with Gasteiger partial charge in [-0.2, -0.15) is 0 Å². The van der Waals surface area contributed by atoms with Crippen molar-refractivity contribution in [3.63, 3.8) is 0 Å². The largest absolute Gasteiger partial charge is 0.494 e. The highest BCUT2D eigenvalue weighted by Gasteiger charge is 2.02. The van der Waals surface area contributed by atoms with Crippen molar-refractivity contribution in [3.05, 3.63) is 42.0 Å². The minimum atomic E-state index is 0.793. The molecule has 2 aromatic carbocycles. The molecule has 0 aliphatic heterocycles. The van der Waals surface area contributed by atoms with E-state index in [2.05, 4.69) is 50.2 Å². The molecule has 1 heteroatoms. The minimum absolute atomic E-state index is 0.793. The first-order chi connectivity index (χ1) is 8.35. The van der Waals surface area contributed by atoms with Gasteiger partial charge in [-0.1, -0.05) is 44.5 Å². The topological polar surface area (TPSA) is 9.23 Å². The van der Waals surface area contributed by atoms with Crippen molar-refractivity contribution in [1.29, 1.82) is 0 Å². The van der Waals surface area contributed by atoms with Crippen LogP contribution in [0.5, 0.6) is 5.75 Å². The van der Waals surface area contributed by atoms with Crippen molar-refractivity contribution in [3.8, 4) is 5.75 Å². The maximum Gasteiger partial charge on any atom is 0.119 e. The van der Waals surface area contributed by atoms with E-state index in [0.29, 0.717) is 0 Å². The average Bonchev–Trinajstić information content (AvgIpc) is 2.37. The van der Waals surface area contributed by atoms with E-state index >= 15 is 0 Å². The highest BCUT2D eigenvalue weighted by Crippen LogP contribution is 2.25. The van der Waals surface area contributed by atoms with E-state index in [0.717, 1.165) is 25.2 Å². The molecule has 2 rings (SSSR count). The second-order valence-electron chi connectivity index (χ2n) is 4.40. The van der Waals surface area contributed by atoms with Crippen molar-refractivity contribution >= 4 is 10.8 Å². The Morgan fingerprint density at radius 2 is 1.88 bits per heavy atom. The molecule has 0 aliphatic carbocycles. The lowest BCUT2D eigenvalue weighted by molar-refractivity contribution is 0.318. The van der Waals surface area contributed by atoms with Crippen LogP contribution >= 0.6 is 0 Å². The molecule has 0 saturated carbocycles. The summed E-state index contributed by atoms with van der Waals surface area (Å²) in [7, 11) is 0. The fraction of sp³-hybridized carbons (Fsp3) is 0.375. The van der Waals surface area contributed by atoms with Gasteiger partial charge in [0.25, 0.3) is 0 Å². The standard InChI is InChI=1S/C16H20O/c1-3-6-13-7-5-8-14-9-10-15(12-16(13)14)17-11-4-2/h5,7-10,12H,3-4,6,11H2,1-2H3. The molecule has 0 aromatic heterocycles. The van der Waals surface area contributed by atoms with E-state index in [1.807, 2.05) is 0 Å². The van der Waals surface area contributed by atoms with Gasteiger partial charge >= 0.3 is 0 Å². The summed E-state index contributed by atoms with van der Waals surface area (Å²) in [5.41, 5.74) is 1.42. The number of ether oxygens (including phenoxy) is 1. The van der Waals surface area contributed by atoms with E-state index < -0.39 is 0 Å². The quantitative estimate of drug-likeness (QED) is 0.727. The third-order valence-corrected chi connectivity index (χ3v) is 2.94. The van der Waals surface area contributed by atoms with Crippen LogP contribution in [0.1, 0.15) is 32.3 Å². The molecule has 0 N–H and O–H groups in total. The van der Waals surface area contributed by atoms with Crippen molar-refractivity contribution in [2.45, 2.75) is 33.1 Å². The highest BCUT2D eigenvalue weighted by atomic mass is 16.5. The molecule has 0 aliphatic rings. The summed E-state index contributed by atoms with van der Waals surface area (Å²) in [5.74, 6) is 0.989. The monoisotopic (exact) mass is 228 g/mol. The van der Waals surface area contributed by atoms with Gasteiger partial charge in [0.1, 0.15) is 5.75 Å². The Kier molecular flexibility index (Phi) is 4.03. The lowest BCUT2D eigenvalue weighted by Gasteiger charge is -2.09. The molecule has 0 bridgehead atoms. The van der Waals surface area contributed by atoms with Gasteiger partial charge in [0, 0.05) is 0 Å². The molecule has 2 aromatic rings. The van der Waals surface area contributed by atoms with Gasteiger partial charge in [0.15, 0.2) is 0 Å². The summed E-state index contributed by atoms with van der Waals surface area (Å²) in [5, 5.41) is 2.64. The Morgan fingerprint density at radius 1 is 1.00 bits per heavy atom. The van der Waals surface area contributed by atoms with Gasteiger partial charge in [0.05, 0.1) is 6.61 Å². The first-order valence-electron chi connectivity index (χ1n) is 6.49. The van der Waals surface area contributed by atoms with Crippen molar-refractivity contribution in [2.24, 2.45) is 0 Å². The SMILES string of the molecule is CCCOc1ccc2cccc(CCC)c2c1. The summed E-state index contributed by atoms with van der Waals surface area (Å²) in [6.45, 7) is 5.14. The Hall–Kier alpha value is -1.50. The van der Waals surface area contributed by atoms with Crippen LogP contribution in [0.2, 0.25) is 0 Å². The van der Waals surface area contributed by atoms with Gasteiger partial charge in [-0.3, -0.25) is 0 Å². The zero-order chi connectivity index (χ0) is 12.1. The average molecular weight is 228 g/mol. The van der Waals surface area contributed by atoms with Crippen LogP contribution in [0, 0.1) is 0 Å². The van der Waals surface area contributed by atoms with Gasteiger partial charge in [-0.15, -0.1) is 0 Å². The first kappa shape index (κ1) is 12.0. The fourth-order valence-electron chi connectivity index (χ4n) is 2.11. The summed E-state index contributed by atoms with van der Waals surface area (Å²) < 4.78 is 5.70. The number of hydrogen-bond donors (Lipinski definition) is 0. The van der Waals surface area contributed by atoms with E-state index in [9.17, 15) is 0 Å². The van der Waals surface area contributed by atoms with E-state index in [4.69, 9.17) is 4.74 Å². The van der Waals surface area contributed by atoms with Crippen molar-refractivity contribution in [2.75, 3.05) is 6.61 Å². The number of fused-ring (bicyclic) bond motifs is 1. The Balaban J connectivity index is 2.38. The smallest absolute Gasteiger partial charge is 0.119 e. The molecule has 17 heavy (non-hydrogen) atoms. The molecule has 0 amide bonds. The van der Waals surface area contributed by atoms with E-state index in [1.165, 1.54) is 22.8 Å². The minimum Gasteiger partial charge on any atom is -0.494 e. The van der Waals surface area contributed by atoms with Crippen LogP contribution in [0.15, 0.2) is 36.4 Å². The Morgan fingerprint density at radius 3 is 2.65 bits per heavy atom. The van der Waals surface area contributed by atoms with Crippen LogP contribution in [0.3, 0.4) is 0 Å². The molecule has 0 spiro atoms. The molecular weight excluding hydrogens is 208 g/mol. The van der Waals surface area contributed by atoms with Gasteiger partial charge in [0.2, 0.25) is 0 Å². The second-order valence-corrected chi connectivity index (χ2v) is 4.40. The third-order valence-electron chi connectivity index (χ3n) is 2.94. The molecule has 90 valence electrons. The lowest BCUT2D eigenvalue weighted by Crippen LogP contribution is -1.95. The summed E-state index contributed by atoms with van der Waals surface area (Å²) in [6, 6.07) is 12.9. The van der Waals surface area contributed by atoms with Crippen LogP contribution in [0.25, 0.3) is 10.8 Å². The Labute approximate surface area is 103 Å². The molecule has 0 fully saturated rings. The first-order valence-corrected chi connectivity index (χ1v) is 6.49. The summed E-state index contributed by atoms with van der Waals surface area (Å²) in [6.07, 6.45) is 3.36.